The van der Waals surface area contributed by atoms with E-state index in [1.807, 2.05) is 18.2 Å². The summed E-state index contributed by atoms with van der Waals surface area (Å²) in [6.45, 7) is 0. The van der Waals surface area contributed by atoms with E-state index in [0.717, 1.165) is 36.9 Å². The molecule has 2 nitrogen and oxygen atoms in total. The maximum Gasteiger partial charge on any atom is 0.235 e. The lowest BCUT2D eigenvalue weighted by atomic mass is 9.70. The fraction of sp³-hybridized carbons (Fsp3) is 0.462. The molecule has 1 aliphatic heterocycles. The highest BCUT2D eigenvalue weighted by Crippen LogP contribution is 2.46. The Kier molecular flexibility index (Phi) is 2.10. The molecule has 1 aromatic carbocycles. The van der Waals surface area contributed by atoms with Crippen LogP contribution >= 0.6 is 0 Å². The number of amides is 1. The first-order valence-corrected chi connectivity index (χ1v) is 5.94. The molecule has 0 atom stereocenters. The van der Waals surface area contributed by atoms with Gasteiger partial charge in [-0.25, -0.2) is 0 Å². The fourth-order valence-corrected chi connectivity index (χ4v) is 3.10. The number of carbonyl (C=O) groups excluding carboxylic acids is 1. The molecule has 1 heterocycles. The lowest BCUT2D eigenvalue weighted by Crippen LogP contribution is -2.36. The van der Waals surface area contributed by atoms with Crippen LogP contribution in [-0.4, -0.2) is 13.8 Å². The lowest BCUT2D eigenvalue weighted by molar-refractivity contribution is -0.121. The largest absolute Gasteiger partial charge is 0.325 e. The molecule has 80 valence electrons. The van der Waals surface area contributed by atoms with Gasteiger partial charge in [-0.3, -0.25) is 4.79 Å². The molecule has 1 spiro atoms. The van der Waals surface area contributed by atoms with Gasteiger partial charge < -0.3 is 5.32 Å². The molecule has 0 saturated heterocycles. The number of hydrogen-bond donors (Lipinski definition) is 1. The van der Waals surface area contributed by atoms with Gasteiger partial charge >= 0.3 is 0 Å². The molecule has 1 amide bonds. The second-order valence-electron chi connectivity index (χ2n) is 4.90. The SMILES string of the molecule is [B]c1ccc2c(c1)NC(=O)C21CCCCC1. The lowest BCUT2D eigenvalue weighted by Gasteiger charge is -2.31. The Balaban J connectivity index is 2.11. The van der Waals surface area contributed by atoms with Crippen LogP contribution in [0, 0.1) is 0 Å². The van der Waals surface area contributed by atoms with Crippen molar-refractivity contribution in [3.8, 4) is 0 Å². The standard InChI is InChI=1S/C13H14BNO/c14-9-4-5-10-11(8-9)15-12(16)13(10)6-2-1-3-7-13/h4-5,8H,1-3,6-7H2,(H,15,16). The highest BCUT2D eigenvalue weighted by molar-refractivity contribution is 6.33. The molecular formula is C13H14BNO. The van der Waals surface area contributed by atoms with E-state index in [-0.39, 0.29) is 11.3 Å². The number of carbonyl (C=O) groups is 1. The molecule has 1 aliphatic carbocycles. The maximum absolute atomic E-state index is 12.2. The Morgan fingerprint density at radius 3 is 2.69 bits per heavy atom. The Morgan fingerprint density at radius 2 is 1.94 bits per heavy atom. The molecule has 1 aromatic rings. The molecule has 3 rings (SSSR count). The van der Waals surface area contributed by atoms with Gasteiger partial charge in [0.1, 0.15) is 7.85 Å². The molecule has 0 aromatic heterocycles. The van der Waals surface area contributed by atoms with Crippen molar-refractivity contribution in [2.24, 2.45) is 0 Å². The average Bonchev–Trinajstić information content (AvgIpc) is 2.53. The number of rotatable bonds is 0. The molecule has 3 heteroatoms. The van der Waals surface area contributed by atoms with E-state index in [2.05, 4.69) is 5.32 Å². The fourth-order valence-electron chi connectivity index (χ4n) is 3.10. The normalized spacial score (nSPS) is 21.9. The van der Waals surface area contributed by atoms with E-state index in [1.165, 1.54) is 6.42 Å². The van der Waals surface area contributed by atoms with Gasteiger partial charge in [-0.05, 0) is 24.5 Å². The van der Waals surface area contributed by atoms with Crippen molar-refractivity contribution >= 4 is 24.9 Å². The first-order chi connectivity index (χ1) is 7.72. The number of benzene rings is 1. The van der Waals surface area contributed by atoms with Crippen LogP contribution in [0.3, 0.4) is 0 Å². The number of anilines is 1. The summed E-state index contributed by atoms with van der Waals surface area (Å²) in [6.07, 6.45) is 5.51. The van der Waals surface area contributed by atoms with Gasteiger partial charge in [0, 0.05) is 5.69 Å². The summed E-state index contributed by atoms with van der Waals surface area (Å²) < 4.78 is 0. The van der Waals surface area contributed by atoms with Crippen LogP contribution in [0.2, 0.25) is 0 Å². The van der Waals surface area contributed by atoms with E-state index in [0.29, 0.717) is 5.46 Å². The molecular weight excluding hydrogens is 197 g/mol. The van der Waals surface area contributed by atoms with E-state index in [9.17, 15) is 4.79 Å². The van der Waals surface area contributed by atoms with Crippen molar-refractivity contribution in [1.29, 1.82) is 0 Å². The number of hydrogen-bond acceptors (Lipinski definition) is 1. The third kappa shape index (κ3) is 1.24. The minimum absolute atomic E-state index is 0.174. The van der Waals surface area contributed by atoms with Crippen LogP contribution in [0.5, 0.6) is 0 Å². The third-order valence-corrected chi connectivity index (χ3v) is 3.95. The van der Waals surface area contributed by atoms with Crippen molar-refractivity contribution < 1.29 is 4.79 Å². The zero-order chi connectivity index (χ0) is 11.2. The van der Waals surface area contributed by atoms with Crippen molar-refractivity contribution in [3.63, 3.8) is 0 Å². The van der Waals surface area contributed by atoms with Crippen LogP contribution in [0.25, 0.3) is 0 Å². The summed E-state index contributed by atoms with van der Waals surface area (Å²) in [7, 11) is 5.74. The van der Waals surface area contributed by atoms with E-state index in [1.54, 1.807) is 0 Å². The second kappa shape index (κ2) is 3.37. The van der Waals surface area contributed by atoms with Gasteiger partial charge in [0.15, 0.2) is 0 Å². The first-order valence-electron chi connectivity index (χ1n) is 5.94. The summed E-state index contributed by atoms with van der Waals surface area (Å²) >= 11 is 0. The van der Waals surface area contributed by atoms with Crippen LogP contribution in [0.4, 0.5) is 5.69 Å². The van der Waals surface area contributed by atoms with E-state index >= 15 is 0 Å². The summed E-state index contributed by atoms with van der Waals surface area (Å²) in [5, 5.41) is 2.98. The molecule has 2 aliphatic rings. The minimum Gasteiger partial charge on any atom is -0.325 e. The van der Waals surface area contributed by atoms with Crippen molar-refractivity contribution in [1.82, 2.24) is 0 Å². The van der Waals surface area contributed by atoms with Gasteiger partial charge in [-0.15, -0.1) is 0 Å². The zero-order valence-corrected chi connectivity index (χ0v) is 9.25. The predicted molar refractivity (Wildman–Crippen MR) is 65.2 cm³/mol. The molecule has 16 heavy (non-hydrogen) atoms. The van der Waals surface area contributed by atoms with E-state index < -0.39 is 0 Å². The van der Waals surface area contributed by atoms with Crippen LogP contribution in [0.1, 0.15) is 37.7 Å². The van der Waals surface area contributed by atoms with Crippen LogP contribution in [0.15, 0.2) is 18.2 Å². The molecule has 0 unspecified atom stereocenters. The Morgan fingerprint density at radius 1 is 1.19 bits per heavy atom. The van der Waals surface area contributed by atoms with Gasteiger partial charge in [-0.2, -0.15) is 0 Å². The van der Waals surface area contributed by atoms with Gasteiger partial charge in [-0.1, -0.05) is 36.9 Å². The quantitative estimate of drug-likeness (QED) is 0.649. The maximum atomic E-state index is 12.2. The molecule has 0 bridgehead atoms. The summed E-state index contributed by atoms with van der Waals surface area (Å²) in [6, 6.07) is 5.79. The number of fused-ring (bicyclic) bond motifs is 2. The van der Waals surface area contributed by atoms with Crippen LogP contribution < -0.4 is 10.8 Å². The van der Waals surface area contributed by atoms with Gasteiger partial charge in [0.2, 0.25) is 5.91 Å². The van der Waals surface area contributed by atoms with Gasteiger partial charge in [0.25, 0.3) is 0 Å². The van der Waals surface area contributed by atoms with Crippen LogP contribution in [-0.2, 0) is 10.2 Å². The minimum atomic E-state index is -0.249. The Labute approximate surface area is 96.8 Å². The second-order valence-corrected chi connectivity index (χ2v) is 4.90. The van der Waals surface area contributed by atoms with Crippen molar-refractivity contribution in [3.05, 3.63) is 23.8 Å². The van der Waals surface area contributed by atoms with E-state index in [4.69, 9.17) is 7.85 Å². The highest BCUT2D eigenvalue weighted by atomic mass is 16.2. The van der Waals surface area contributed by atoms with Crippen molar-refractivity contribution in [2.75, 3.05) is 5.32 Å². The highest BCUT2D eigenvalue weighted by Gasteiger charge is 2.46. The Bertz CT molecular complexity index is 449. The molecule has 1 N–H and O–H groups in total. The third-order valence-electron chi connectivity index (χ3n) is 3.95. The summed E-state index contributed by atoms with van der Waals surface area (Å²) in [5.41, 5.74) is 2.55. The monoisotopic (exact) mass is 211 g/mol. The number of nitrogens with one attached hydrogen (secondary N) is 1. The average molecular weight is 211 g/mol. The summed E-state index contributed by atoms with van der Waals surface area (Å²) in [4.78, 5) is 12.2. The smallest absolute Gasteiger partial charge is 0.235 e. The topological polar surface area (TPSA) is 29.1 Å². The van der Waals surface area contributed by atoms with Gasteiger partial charge in [0.05, 0.1) is 5.41 Å². The summed E-state index contributed by atoms with van der Waals surface area (Å²) in [5.74, 6) is 0.174. The molecule has 1 fully saturated rings. The first kappa shape index (κ1) is 9.94. The molecule has 1 saturated carbocycles. The zero-order valence-electron chi connectivity index (χ0n) is 9.25. The predicted octanol–water partition coefficient (Wildman–Crippen LogP) is 1.63. The Hall–Kier alpha value is -1.25. The van der Waals surface area contributed by atoms with Crippen molar-refractivity contribution in [2.45, 2.75) is 37.5 Å². The molecule has 2 radical (unpaired) electrons.